The minimum atomic E-state index is 0.579. The molecule has 0 radical (unpaired) electrons. The van der Waals surface area contributed by atoms with Crippen molar-refractivity contribution in [2.45, 2.75) is 12.8 Å². The van der Waals surface area contributed by atoms with Crippen LogP contribution in [-0.2, 0) is 4.79 Å². The van der Waals surface area contributed by atoms with Crippen molar-refractivity contribution >= 4 is 17.5 Å². The number of methoxy groups -OCH3 is 1. The Labute approximate surface area is 94.5 Å². The van der Waals surface area contributed by atoms with Crippen LogP contribution in [0.15, 0.2) is 23.2 Å². The summed E-state index contributed by atoms with van der Waals surface area (Å²) in [6.07, 6.45) is 3.97. The van der Waals surface area contributed by atoms with E-state index >= 15 is 0 Å². The van der Waals surface area contributed by atoms with Crippen molar-refractivity contribution in [3.8, 4) is 5.75 Å². The number of anilines is 1. The van der Waals surface area contributed by atoms with Gasteiger partial charge in [0, 0.05) is 19.2 Å². The number of nitrogens with zero attached hydrogens (tertiary/aromatic N) is 2. The van der Waals surface area contributed by atoms with E-state index in [1.54, 1.807) is 19.2 Å². The highest BCUT2D eigenvalue weighted by molar-refractivity contribution is 5.65. The Morgan fingerprint density at radius 2 is 2.12 bits per heavy atom. The Balaban J connectivity index is 2.33. The summed E-state index contributed by atoms with van der Waals surface area (Å²) >= 11 is 0. The molecule has 1 aliphatic heterocycles. The van der Waals surface area contributed by atoms with E-state index in [2.05, 4.69) is 9.89 Å². The molecule has 0 aromatic heterocycles. The molecule has 1 aliphatic rings. The molecule has 4 nitrogen and oxygen atoms in total. The number of hydrogen-bond acceptors (Lipinski definition) is 4. The van der Waals surface area contributed by atoms with E-state index in [0.29, 0.717) is 5.69 Å². The summed E-state index contributed by atoms with van der Waals surface area (Å²) in [5.41, 5.74) is 1.65. The summed E-state index contributed by atoms with van der Waals surface area (Å²) in [5.74, 6) is 0.762. The number of carbonyl (C=O) groups excluding carboxylic acids is 1. The van der Waals surface area contributed by atoms with E-state index in [-0.39, 0.29) is 0 Å². The van der Waals surface area contributed by atoms with E-state index in [9.17, 15) is 4.79 Å². The predicted octanol–water partition coefficient (Wildman–Crippen LogP) is 2.26. The quantitative estimate of drug-likeness (QED) is 0.577. The fourth-order valence-corrected chi connectivity index (χ4v) is 2.01. The van der Waals surface area contributed by atoms with Crippen molar-refractivity contribution in [3.05, 3.63) is 18.2 Å². The summed E-state index contributed by atoms with van der Waals surface area (Å²) in [7, 11) is 1.63. The van der Waals surface area contributed by atoms with Crippen molar-refractivity contribution in [2.75, 3.05) is 25.1 Å². The van der Waals surface area contributed by atoms with Crippen LogP contribution < -0.4 is 9.64 Å². The van der Waals surface area contributed by atoms with Gasteiger partial charge in [0.05, 0.1) is 18.5 Å². The van der Waals surface area contributed by atoms with Gasteiger partial charge in [0.25, 0.3) is 0 Å². The van der Waals surface area contributed by atoms with Gasteiger partial charge in [0.2, 0.25) is 6.08 Å². The largest absolute Gasteiger partial charge is 0.495 e. The number of isocyanates is 1. The van der Waals surface area contributed by atoms with Crippen LogP contribution in [0.2, 0.25) is 0 Å². The SMILES string of the molecule is COc1cc(N=C=O)ccc1N1CCCC1. The maximum Gasteiger partial charge on any atom is 0.240 e. The maximum atomic E-state index is 10.2. The normalized spacial score (nSPS) is 14.7. The molecule has 1 fully saturated rings. The van der Waals surface area contributed by atoms with E-state index in [0.717, 1.165) is 24.5 Å². The molecule has 2 rings (SSSR count). The Morgan fingerprint density at radius 3 is 2.75 bits per heavy atom. The number of ether oxygens (including phenoxy) is 1. The van der Waals surface area contributed by atoms with Gasteiger partial charge < -0.3 is 9.64 Å². The summed E-state index contributed by atoms with van der Waals surface area (Å²) < 4.78 is 5.31. The summed E-state index contributed by atoms with van der Waals surface area (Å²) in [5, 5.41) is 0. The maximum absolute atomic E-state index is 10.2. The smallest absolute Gasteiger partial charge is 0.240 e. The highest BCUT2D eigenvalue weighted by atomic mass is 16.5. The van der Waals surface area contributed by atoms with Gasteiger partial charge in [0.15, 0.2) is 0 Å². The first kappa shape index (κ1) is 10.7. The molecule has 0 saturated carbocycles. The first-order valence-electron chi connectivity index (χ1n) is 5.36. The molecule has 1 heterocycles. The summed E-state index contributed by atoms with van der Waals surface area (Å²) in [6, 6.07) is 5.51. The van der Waals surface area contributed by atoms with Crippen LogP contribution in [0.4, 0.5) is 11.4 Å². The molecular formula is C12H14N2O2. The summed E-state index contributed by atoms with van der Waals surface area (Å²) in [4.78, 5) is 16.0. The van der Waals surface area contributed by atoms with Crippen molar-refractivity contribution in [3.63, 3.8) is 0 Å². The minimum Gasteiger partial charge on any atom is -0.495 e. The number of aliphatic imine (C=N–C) groups is 1. The molecule has 4 heteroatoms. The van der Waals surface area contributed by atoms with Gasteiger partial charge in [-0.15, -0.1) is 0 Å². The zero-order valence-corrected chi connectivity index (χ0v) is 9.27. The van der Waals surface area contributed by atoms with Gasteiger partial charge in [-0.2, -0.15) is 4.99 Å². The van der Waals surface area contributed by atoms with Gasteiger partial charge >= 0.3 is 0 Å². The average molecular weight is 218 g/mol. The van der Waals surface area contributed by atoms with E-state index < -0.39 is 0 Å². The molecule has 1 aromatic carbocycles. The fraction of sp³-hybridized carbons (Fsp3) is 0.417. The molecular weight excluding hydrogens is 204 g/mol. The fourth-order valence-electron chi connectivity index (χ4n) is 2.01. The standard InChI is InChI=1S/C12H14N2O2/c1-16-12-8-10(13-9-15)4-5-11(12)14-6-2-3-7-14/h4-5,8H,2-3,6-7H2,1H3. The monoisotopic (exact) mass is 218 g/mol. The highest BCUT2D eigenvalue weighted by Crippen LogP contribution is 2.33. The molecule has 1 saturated heterocycles. The first-order chi connectivity index (χ1) is 7.85. The first-order valence-corrected chi connectivity index (χ1v) is 5.36. The Kier molecular flexibility index (Phi) is 3.22. The molecule has 16 heavy (non-hydrogen) atoms. The van der Waals surface area contributed by atoms with Crippen LogP contribution in [0, 0.1) is 0 Å². The van der Waals surface area contributed by atoms with Crippen LogP contribution in [0.5, 0.6) is 5.75 Å². The van der Waals surface area contributed by atoms with Crippen LogP contribution in [0.25, 0.3) is 0 Å². The van der Waals surface area contributed by atoms with Crippen molar-refractivity contribution in [1.29, 1.82) is 0 Å². The molecule has 84 valence electrons. The minimum absolute atomic E-state index is 0.579. The van der Waals surface area contributed by atoms with Crippen LogP contribution in [-0.4, -0.2) is 26.3 Å². The number of hydrogen-bond donors (Lipinski definition) is 0. The topological polar surface area (TPSA) is 41.9 Å². The molecule has 0 atom stereocenters. The molecule has 1 aromatic rings. The average Bonchev–Trinajstić information content (AvgIpc) is 2.83. The summed E-state index contributed by atoms with van der Waals surface area (Å²) in [6.45, 7) is 2.12. The number of rotatable bonds is 3. The lowest BCUT2D eigenvalue weighted by Gasteiger charge is -2.20. The zero-order chi connectivity index (χ0) is 11.4. The van der Waals surface area contributed by atoms with Crippen LogP contribution in [0.1, 0.15) is 12.8 Å². The second kappa shape index (κ2) is 4.81. The third-order valence-electron chi connectivity index (χ3n) is 2.78. The van der Waals surface area contributed by atoms with E-state index in [4.69, 9.17) is 4.74 Å². The third-order valence-corrected chi connectivity index (χ3v) is 2.78. The van der Waals surface area contributed by atoms with Crippen molar-refractivity contribution in [1.82, 2.24) is 0 Å². The lowest BCUT2D eigenvalue weighted by atomic mass is 10.2. The van der Waals surface area contributed by atoms with Crippen molar-refractivity contribution in [2.24, 2.45) is 4.99 Å². The molecule has 0 spiro atoms. The lowest BCUT2D eigenvalue weighted by molar-refractivity contribution is 0.415. The molecule has 0 N–H and O–H groups in total. The predicted molar refractivity (Wildman–Crippen MR) is 62.2 cm³/mol. The lowest BCUT2D eigenvalue weighted by Crippen LogP contribution is -2.18. The van der Waals surface area contributed by atoms with Gasteiger partial charge in [-0.1, -0.05) is 0 Å². The molecule has 0 unspecified atom stereocenters. The Bertz CT molecular complexity index is 419. The third kappa shape index (κ3) is 2.07. The molecule has 0 aliphatic carbocycles. The van der Waals surface area contributed by atoms with Gasteiger partial charge in [-0.3, -0.25) is 0 Å². The molecule has 0 bridgehead atoms. The van der Waals surface area contributed by atoms with Gasteiger partial charge in [0.1, 0.15) is 5.75 Å². The van der Waals surface area contributed by atoms with E-state index in [1.165, 1.54) is 18.9 Å². The molecule has 0 amide bonds. The Morgan fingerprint density at radius 1 is 1.38 bits per heavy atom. The van der Waals surface area contributed by atoms with Gasteiger partial charge in [-0.25, -0.2) is 4.79 Å². The van der Waals surface area contributed by atoms with Crippen LogP contribution >= 0.6 is 0 Å². The second-order valence-electron chi connectivity index (χ2n) is 3.75. The van der Waals surface area contributed by atoms with Crippen LogP contribution in [0.3, 0.4) is 0 Å². The number of benzene rings is 1. The van der Waals surface area contributed by atoms with Gasteiger partial charge in [-0.05, 0) is 25.0 Å². The zero-order valence-electron chi connectivity index (χ0n) is 9.27. The van der Waals surface area contributed by atoms with Crippen molar-refractivity contribution < 1.29 is 9.53 Å². The Hall–Kier alpha value is -1.80. The second-order valence-corrected chi connectivity index (χ2v) is 3.75. The highest BCUT2D eigenvalue weighted by Gasteiger charge is 2.16. The van der Waals surface area contributed by atoms with E-state index in [1.807, 2.05) is 6.07 Å².